The van der Waals surface area contributed by atoms with Crippen LogP contribution in [0.3, 0.4) is 0 Å². The Kier molecular flexibility index (Phi) is 4.23. The number of benzene rings is 2. The third-order valence-corrected chi connectivity index (χ3v) is 6.49. The first-order valence-electron chi connectivity index (χ1n) is 6.82. The Bertz CT molecular complexity index is 892. The molecule has 1 aromatic heterocycles. The van der Waals surface area contributed by atoms with E-state index in [0.717, 1.165) is 4.70 Å². The van der Waals surface area contributed by atoms with Crippen molar-refractivity contribution < 1.29 is 17.9 Å². The molecule has 0 aliphatic heterocycles. The molecule has 0 radical (unpaired) electrons. The maximum Gasteiger partial charge on any atom is 0.210 e. The number of fused-ring (bicyclic) bond motifs is 1. The van der Waals surface area contributed by atoms with Crippen LogP contribution in [-0.2, 0) is 15.6 Å². The van der Waals surface area contributed by atoms with Gasteiger partial charge >= 0.3 is 0 Å². The topological polar surface area (TPSA) is 65.5 Å². The summed E-state index contributed by atoms with van der Waals surface area (Å²) >= 11 is 1.18. The molecule has 2 aromatic carbocycles. The van der Waals surface area contributed by atoms with Crippen molar-refractivity contribution in [2.75, 3.05) is 14.2 Å². The van der Waals surface area contributed by atoms with Crippen LogP contribution in [0.15, 0.2) is 46.8 Å². The number of nitrogens with zero attached hydrogens (tertiary/aromatic N) is 1. The van der Waals surface area contributed by atoms with Gasteiger partial charge in [0.05, 0.1) is 30.2 Å². The third-order valence-electron chi connectivity index (χ3n) is 3.31. The Morgan fingerprint density at radius 3 is 2.30 bits per heavy atom. The van der Waals surface area contributed by atoms with Gasteiger partial charge in [-0.1, -0.05) is 12.1 Å². The molecule has 0 N–H and O–H groups in total. The predicted octanol–water partition coefficient (Wildman–Crippen LogP) is 3.29. The molecule has 0 saturated carbocycles. The molecule has 0 bridgehead atoms. The number of hydrogen-bond acceptors (Lipinski definition) is 6. The fraction of sp³-hybridized carbons (Fsp3) is 0.188. The molecule has 3 rings (SSSR count). The normalized spacial score (nSPS) is 11.6. The fourth-order valence-electron chi connectivity index (χ4n) is 2.21. The molecule has 0 aliphatic carbocycles. The van der Waals surface area contributed by atoms with E-state index in [1.807, 2.05) is 18.2 Å². The number of hydrogen-bond donors (Lipinski definition) is 0. The summed E-state index contributed by atoms with van der Waals surface area (Å²) in [7, 11) is -0.472. The second-order valence-corrected chi connectivity index (χ2v) is 8.12. The van der Waals surface area contributed by atoms with Gasteiger partial charge < -0.3 is 9.47 Å². The van der Waals surface area contributed by atoms with Crippen molar-refractivity contribution in [3.8, 4) is 11.5 Å². The predicted molar refractivity (Wildman–Crippen MR) is 90.1 cm³/mol. The number of sulfone groups is 1. The van der Waals surface area contributed by atoms with E-state index in [9.17, 15) is 8.42 Å². The first-order valence-corrected chi connectivity index (χ1v) is 9.29. The van der Waals surface area contributed by atoms with E-state index < -0.39 is 9.84 Å². The zero-order chi connectivity index (χ0) is 16.4. The molecule has 5 nitrogen and oxygen atoms in total. The summed E-state index contributed by atoms with van der Waals surface area (Å²) < 4.78 is 36.6. The second-order valence-electron chi connectivity index (χ2n) is 4.93. The van der Waals surface area contributed by atoms with Crippen molar-refractivity contribution >= 4 is 31.4 Å². The Labute approximate surface area is 138 Å². The standard InChI is InChI=1S/C16H15NO4S2/c1-20-12-7-11(8-13(9-12)21-2)10-23(18,19)16-17-14-5-3-4-6-15(14)22-16/h3-9H,10H2,1-2H3. The number of ether oxygens (including phenoxy) is 2. The van der Waals surface area contributed by atoms with E-state index >= 15 is 0 Å². The largest absolute Gasteiger partial charge is 0.497 e. The summed E-state index contributed by atoms with van der Waals surface area (Å²) in [5.74, 6) is 0.957. The minimum absolute atomic E-state index is 0.125. The number of thiazole rings is 1. The van der Waals surface area contributed by atoms with Crippen molar-refractivity contribution in [3.05, 3.63) is 48.0 Å². The number of methoxy groups -OCH3 is 2. The lowest BCUT2D eigenvalue weighted by molar-refractivity contribution is 0.393. The van der Waals surface area contributed by atoms with Crippen LogP contribution in [-0.4, -0.2) is 27.6 Å². The molecule has 1 heterocycles. The van der Waals surface area contributed by atoms with Gasteiger partial charge in [-0.2, -0.15) is 0 Å². The minimum Gasteiger partial charge on any atom is -0.497 e. The lowest BCUT2D eigenvalue weighted by Gasteiger charge is -2.08. The quantitative estimate of drug-likeness (QED) is 0.707. The Balaban J connectivity index is 1.97. The van der Waals surface area contributed by atoms with Gasteiger partial charge in [-0.15, -0.1) is 11.3 Å². The summed E-state index contributed by atoms with van der Waals surface area (Å²) in [6.07, 6.45) is 0. The molecule has 7 heteroatoms. The lowest BCUT2D eigenvalue weighted by Crippen LogP contribution is -2.05. The molecule has 23 heavy (non-hydrogen) atoms. The van der Waals surface area contributed by atoms with Crippen molar-refractivity contribution in [2.45, 2.75) is 10.1 Å². The van der Waals surface area contributed by atoms with E-state index in [1.54, 1.807) is 24.3 Å². The van der Waals surface area contributed by atoms with Crippen molar-refractivity contribution in [1.29, 1.82) is 0 Å². The molecule has 0 saturated heterocycles. The Morgan fingerprint density at radius 2 is 1.70 bits per heavy atom. The summed E-state index contributed by atoms with van der Waals surface area (Å²) in [6.45, 7) is 0. The van der Waals surface area contributed by atoms with Crippen LogP contribution in [0.1, 0.15) is 5.56 Å². The third kappa shape index (κ3) is 3.30. The minimum atomic E-state index is -3.53. The first-order chi connectivity index (χ1) is 11.0. The number of para-hydroxylation sites is 1. The Morgan fingerprint density at radius 1 is 1.04 bits per heavy atom. The average Bonchev–Trinajstić information content (AvgIpc) is 2.99. The van der Waals surface area contributed by atoms with Gasteiger partial charge in [0.15, 0.2) is 0 Å². The lowest BCUT2D eigenvalue weighted by atomic mass is 10.2. The van der Waals surface area contributed by atoms with Crippen LogP contribution in [0.2, 0.25) is 0 Å². The number of aromatic nitrogens is 1. The SMILES string of the molecule is COc1cc(CS(=O)(=O)c2nc3ccccc3s2)cc(OC)c1. The maximum atomic E-state index is 12.6. The molecule has 3 aromatic rings. The highest BCUT2D eigenvalue weighted by Crippen LogP contribution is 2.29. The van der Waals surface area contributed by atoms with Gasteiger partial charge in [0.25, 0.3) is 0 Å². The highest BCUT2D eigenvalue weighted by atomic mass is 32.2. The molecule has 0 unspecified atom stereocenters. The summed E-state index contributed by atoms with van der Waals surface area (Å²) in [6, 6.07) is 12.4. The maximum absolute atomic E-state index is 12.6. The van der Waals surface area contributed by atoms with Crippen LogP contribution >= 0.6 is 11.3 Å². The van der Waals surface area contributed by atoms with Gasteiger partial charge in [-0.3, -0.25) is 0 Å². The zero-order valence-corrected chi connectivity index (χ0v) is 14.3. The van der Waals surface area contributed by atoms with E-state index in [2.05, 4.69) is 4.98 Å². The second kappa shape index (κ2) is 6.17. The van der Waals surface area contributed by atoms with Gasteiger partial charge in [0.1, 0.15) is 11.5 Å². The molecule has 0 fully saturated rings. The highest BCUT2D eigenvalue weighted by Gasteiger charge is 2.21. The molecule has 0 aliphatic rings. The van der Waals surface area contributed by atoms with Crippen LogP contribution in [0, 0.1) is 0 Å². The van der Waals surface area contributed by atoms with Crippen molar-refractivity contribution in [2.24, 2.45) is 0 Å². The van der Waals surface area contributed by atoms with Gasteiger partial charge in [-0.05, 0) is 29.8 Å². The van der Waals surface area contributed by atoms with E-state index in [1.165, 1.54) is 25.6 Å². The molecule has 0 spiro atoms. The fourth-order valence-corrected chi connectivity index (χ4v) is 4.83. The highest BCUT2D eigenvalue weighted by molar-refractivity contribution is 7.92. The van der Waals surface area contributed by atoms with Crippen LogP contribution in [0.5, 0.6) is 11.5 Å². The molecule has 0 amide bonds. The van der Waals surface area contributed by atoms with Crippen LogP contribution < -0.4 is 9.47 Å². The smallest absolute Gasteiger partial charge is 0.210 e. The molecular weight excluding hydrogens is 334 g/mol. The van der Waals surface area contributed by atoms with Crippen molar-refractivity contribution in [3.63, 3.8) is 0 Å². The van der Waals surface area contributed by atoms with Gasteiger partial charge in [-0.25, -0.2) is 13.4 Å². The molecule has 120 valence electrons. The van der Waals surface area contributed by atoms with Gasteiger partial charge in [0, 0.05) is 6.07 Å². The summed E-state index contributed by atoms with van der Waals surface area (Å²) in [4.78, 5) is 4.23. The van der Waals surface area contributed by atoms with Crippen molar-refractivity contribution in [1.82, 2.24) is 4.98 Å². The first kappa shape index (κ1) is 15.8. The monoisotopic (exact) mass is 349 g/mol. The average molecular weight is 349 g/mol. The van der Waals surface area contributed by atoms with E-state index in [0.29, 0.717) is 22.6 Å². The summed E-state index contributed by atoms with van der Waals surface area (Å²) in [5, 5.41) is 0. The summed E-state index contributed by atoms with van der Waals surface area (Å²) in [5.41, 5.74) is 1.29. The van der Waals surface area contributed by atoms with E-state index in [-0.39, 0.29) is 10.1 Å². The van der Waals surface area contributed by atoms with Crippen LogP contribution in [0.25, 0.3) is 10.2 Å². The zero-order valence-electron chi connectivity index (χ0n) is 12.6. The molecular formula is C16H15NO4S2. The molecule has 0 atom stereocenters. The van der Waals surface area contributed by atoms with Gasteiger partial charge in [0.2, 0.25) is 14.2 Å². The Hall–Kier alpha value is -2.12. The van der Waals surface area contributed by atoms with Crippen LogP contribution in [0.4, 0.5) is 0 Å². The number of rotatable bonds is 5. The van der Waals surface area contributed by atoms with E-state index in [4.69, 9.17) is 9.47 Å².